The fourth-order valence-corrected chi connectivity index (χ4v) is 2.55. The third-order valence-electron chi connectivity index (χ3n) is 2.39. The number of nitrogens with zero attached hydrogens (tertiary/aromatic N) is 2. The minimum Gasteiger partial charge on any atom is -0.479 e. The Hall–Kier alpha value is -1.47. The number of nitro benzene ring substituents is 1. The third-order valence-corrected chi connectivity index (χ3v) is 3.98. The monoisotopic (exact) mass is 342 g/mol. The van der Waals surface area contributed by atoms with Gasteiger partial charge in [0.05, 0.1) is 4.92 Å². The summed E-state index contributed by atoms with van der Waals surface area (Å²) in [7, 11) is 0. The number of nitro groups is 1. The molecule has 1 aromatic carbocycles. The lowest BCUT2D eigenvalue weighted by Crippen LogP contribution is -1.99. The maximum Gasteiger partial charge on any atom is 0.310 e. The van der Waals surface area contributed by atoms with E-state index >= 15 is 0 Å². The summed E-state index contributed by atoms with van der Waals surface area (Å²) in [6.45, 7) is 2.14. The van der Waals surface area contributed by atoms with Crippen molar-refractivity contribution in [2.75, 3.05) is 0 Å². The van der Waals surface area contributed by atoms with Gasteiger partial charge in [-0.1, -0.05) is 22.0 Å². The predicted octanol–water partition coefficient (Wildman–Crippen LogP) is 3.83. The summed E-state index contributed by atoms with van der Waals surface area (Å²) >= 11 is 4.79. The van der Waals surface area contributed by atoms with E-state index in [1.165, 1.54) is 17.4 Å². The Bertz CT molecular complexity index is 600. The number of hydrogen-bond acceptors (Lipinski definition) is 5. The van der Waals surface area contributed by atoms with Crippen LogP contribution >= 0.6 is 27.3 Å². The summed E-state index contributed by atoms with van der Waals surface area (Å²) in [5.74, 6) is 0.273. The average Bonchev–Trinajstić information content (AvgIpc) is 2.81. The van der Waals surface area contributed by atoms with E-state index in [9.17, 15) is 10.1 Å². The second-order valence-electron chi connectivity index (χ2n) is 3.86. The molecule has 0 amide bonds. The van der Waals surface area contributed by atoms with Gasteiger partial charge in [0.2, 0.25) is 0 Å². The summed E-state index contributed by atoms with van der Waals surface area (Å²) in [4.78, 5) is 14.8. The molecule has 0 bridgehead atoms. The molecule has 0 N–H and O–H groups in total. The topological polar surface area (TPSA) is 65.3 Å². The maximum atomic E-state index is 10.9. The smallest absolute Gasteiger partial charge is 0.310 e. The number of alkyl halides is 1. The van der Waals surface area contributed by atoms with Gasteiger partial charge in [-0.15, -0.1) is 11.3 Å². The molecule has 1 heterocycles. The fourth-order valence-electron chi connectivity index (χ4n) is 1.52. The molecule has 0 unspecified atom stereocenters. The Morgan fingerprint density at radius 1 is 1.53 bits per heavy atom. The number of thiazole rings is 1. The zero-order valence-electron chi connectivity index (χ0n) is 10.1. The molecule has 0 aliphatic carbocycles. The predicted molar refractivity (Wildman–Crippen MR) is 76.9 cm³/mol. The molecular weight excluding hydrogens is 332 g/mol. The highest BCUT2D eigenvalue weighted by Gasteiger charge is 2.16. The van der Waals surface area contributed by atoms with Crippen LogP contribution in [0.5, 0.6) is 5.75 Å². The van der Waals surface area contributed by atoms with Crippen LogP contribution in [0.2, 0.25) is 0 Å². The molecular formula is C12H11BrN2O3S. The molecule has 100 valence electrons. The Balaban J connectivity index is 2.19. The lowest BCUT2D eigenvalue weighted by molar-refractivity contribution is -0.386. The summed E-state index contributed by atoms with van der Waals surface area (Å²) in [6, 6.07) is 4.83. The molecule has 0 saturated carbocycles. The Kier molecular flexibility index (Phi) is 4.49. The van der Waals surface area contributed by atoms with Crippen LogP contribution < -0.4 is 4.74 Å². The SMILES string of the molecule is Cc1csc(COc2cc(CBr)ccc2[N+](=O)[O-])n1. The van der Waals surface area contributed by atoms with E-state index in [0.29, 0.717) is 5.33 Å². The van der Waals surface area contributed by atoms with Crippen LogP contribution in [-0.4, -0.2) is 9.91 Å². The van der Waals surface area contributed by atoms with Gasteiger partial charge in [-0.3, -0.25) is 10.1 Å². The van der Waals surface area contributed by atoms with Crippen LogP contribution in [0.1, 0.15) is 16.3 Å². The number of rotatable bonds is 5. The van der Waals surface area contributed by atoms with Gasteiger partial charge in [-0.05, 0) is 18.6 Å². The number of halogens is 1. The van der Waals surface area contributed by atoms with Crippen molar-refractivity contribution in [3.8, 4) is 5.75 Å². The van der Waals surface area contributed by atoms with Gasteiger partial charge in [0.1, 0.15) is 11.6 Å². The molecule has 0 spiro atoms. The molecule has 2 aromatic rings. The van der Waals surface area contributed by atoms with Crippen LogP contribution in [0.15, 0.2) is 23.6 Å². The lowest BCUT2D eigenvalue weighted by Gasteiger charge is -2.06. The van der Waals surface area contributed by atoms with Gasteiger partial charge in [0, 0.05) is 22.5 Å². The van der Waals surface area contributed by atoms with Gasteiger partial charge < -0.3 is 4.74 Å². The number of aryl methyl sites for hydroxylation is 1. The highest BCUT2D eigenvalue weighted by atomic mass is 79.9. The number of benzene rings is 1. The van der Waals surface area contributed by atoms with Gasteiger partial charge in [0.15, 0.2) is 5.75 Å². The Labute approximate surface area is 122 Å². The summed E-state index contributed by atoms with van der Waals surface area (Å²) < 4.78 is 5.53. The summed E-state index contributed by atoms with van der Waals surface area (Å²) in [5, 5.41) is 14.3. The van der Waals surface area contributed by atoms with Gasteiger partial charge >= 0.3 is 5.69 Å². The minimum atomic E-state index is -0.444. The van der Waals surface area contributed by atoms with E-state index in [1.54, 1.807) is 12.1 Å². The molecule has 0 radical (unpaired) electrons. The van der Waals surface area contributed by atoms with E-state index in [4.69, 9.17) is 4.74 Å². The molecule has 0 atom stereocenters. The Morgan fingerprint density at radius 2 is 2.32 bits per heavy atom. The van der Waals surface area contributed by atoms with Crippen LogP contribution in [0.3, 0.4) is 0 Å². The zero-order chi connectivity index (χ0) is 13.8. The fraction of sp³-hybridized carbons (Fsp3) is 0.250. The van der Waals surface area contributed by atoms with Gasteiger partial charge in [-0.2, -0.15) is 0 Å². The van der Waals surface area contributed by atoms with Crippen molar-refractivity contribution in [3.63, 3.8) is 0 Å². The summed E-state index contributed by atoms with van der Waals surface area (Å²) in [6.07, 6.45) is 0. The first-order chi connectivity index (χ1) is 9.10. The first-order valence-corrected chi connectivity index (χ1v) is 7.47. The van der Waals surface area contributed by atoms with Crippen LogP contribution in [0, 0.1) is 17.0 Å². The van der Waals surface area contributed by atoms with Crippen molar-refractivity contribution in [2.24, 2.45) is 0 Å². The van der Waals surface area contributed by atoms with E-state index in [0.717, 1.165) is 16.3 Å². The van der Waals surface area contributed by atoms with Crippen molar-refractivity contribution in [2.45, 2.75) is 18.9 Å². The van der Waals surface area contributed by atoms with Crippen LogP contribution in [0.4, 0.5) is 5.69 Å². The minimum absolute atomic E-state index is 0.0296. The molecule has 19 heavy (non-hydrogen) atoms. The molecule has 0 aliphatic heterocycles. The van der Waals surface area contributed by atoms with Crippen molar-refractivity contribution in [1.29, 1.82) is 0 Å². The first-order valence-electron chi connectivity index (χ1n) is 5.47. The number of aromatic nitrogens is 1. The van der Waals surface area contributed by atoms with Crippen LogP contribution in [-0.2, 0) is 11.9 Å². The standard InChI is InChI=1S/C12H11BrN2O3S/c1-8-7-19-12(14-8)6-18-11-4-9(5-13)2-3-10(11)15(16)17/h2-4,7H,5-6H2,1H3. The molecule has 2 rings (SSSR count). The highest BCUT2D eigenvalue weighted by molar-refractivity contribution is 9.08. The van der Waals surface area contributed by atoms with Crippen molar-refractivity contribution in [3.05, 3.63) is 50.0 Å². The molecule has 1 aromatic heterocycles. The maximum absolute atomic E-state index is 10.9. The van der Waals surface area contributed by atoms with E-state index in [1.807, 2.05) is 12.3 Å². The number of ether oxygens (including phenoxy) is 1. The molecule has 5 nitrogen and oxygen atoms in total. The van der Waals surface area contributed by atoms with Crippen molar-refractivity contribution in [1.82, 2.24) is 4.98 Å². The molecule has 0 fully saturated rings. The number of hydrogen-bond donors (Lipinski definition) is 0. The zero-order valence-corrected chi connectivity index (χ0v) is 12.5. The van der Waals surface area contributed by atoms with E-state index in [2.05, 4.69) is 20.9 Å². The second kappa shape index (κ2) is 6.12. The van der Waals surface area contributed by atoms with E-state index in [-0.39, 0.29) is 18.0 Å². The van der Waals surface area contributed by atoms with Crippen LogP contribution in [0.25, 0.3) is 0 Å². The quantitative estimate of drug-likeness (QED) is 0.470. The third kappa shape index (κ3) is 3.51. The normalized spacial score (nSPS) is 10.4. The second-order valence-corrected chi connectivity index (χ2v) is 5.37. The lowest BCUT2D eigenvalue weighted by atomic mass is 10.2. The molecule has 7 heteroatoms. The van der Waals surface area contributed by atoms with E-state index < -0.39 is 4.92 Å². The van der Waals surface area contributed by atoms with Crippen molar-refractivity contribution >= 4 is 33.0 Å². The van der Waals surface area contributed by atoms with Crippen molar-refractivity contribution < 1.29 is 9.66 Å². The largest absolute Gasteiger partial charge is 0.479 e. The Morgan fingerprint density at radius 3 is 2.89 bits per heavy atom. The molecule has 0 aliphatic rings. The highest BCUT2D eigenvalue weighted by Crippen LogP contribution is 2.29. The van der Waals surface area contributed by atoms with Gasteiger partial charge in [0.25, 0.3) is 0 Å². The first kappa shape index (κ1) is 14.0. The molecule has 0 saturated heterocycles. The summed E-state index contributed by atoms with van der Waals surface area (Å²) in [5.41, 5.74) is 1.82. The average molecular weight is 343 g/mol. The van der Waals surface area contributed by atoms with Gasteiger partial charge in [-0.25, -0.2) is 4.98 Å².